The Balaban J connectivity index is 1.47. The first kappa shape index (κ1) is 24.6. The monoisotopic (exact) mass is 500 g/mol. The maximum atomic E-state index is 15.4. The van der Waals surface area contributed by atoms with Gasteiger partial charge in [-0.15, -0.1) is 0 Å². The molecule has 5 rings (SSSR count). The second-order valence-corrected chi connectivity index (χ2v) is 9.74. The summed E-state index contributed by atoms with van der Waals surface area (Å²) in [6.45, 7) is 3.27. The number of anilines is 1. The molecule has 1 N–H and O–H groups in total. The molecule has 2 aromatic heterocycles. The highest BCUT2D eigenvalue weighted by molar-refractivity contribution is 5.88. The van der Waals surface area contributed by atoms with E-state index < -0.39 is 47.7 Å². The molecule has 3 aromatic rings. The predicted molar refractivity (Wildman–Crippen MR) is 135 cm³/mol. The van der Waals surface area contributed by atoms with Gasteiger partial charge in [0.15, 0.2) is 0 Å². The van der Waals surface area contributed by atoms with Gasteiger partial charge in [0.05, 0.1) is 17.3 Å². The lowest BCUT2D eigenvalue weighted by Gasteiger charge is -2.48. The van der Waals surface area contributed by atoms with E-state index in [0.717, 1.165) is 11.1 Å². The molecule has 8 heteroatoms. The van der Waals surface area contributed by atoms with Gasteiger partial charge in [-0.3, -0.25) is 4.98 Å². The van der Waals surface area contributed by atoms with Gasteiger partial charge in [0.2, 0.25) is 0 Å². The SMILES string of the molecule is C[C@H]1OC(=O)[C@]2(Nc3ccccn3)CC(F)(F)[C@@H](C)[C@H](/C=C/c3ccc(-c4ccccc4C#N)cn3)[C@H]12. The zero-order valence-corrected chi connectivity index (χ0v) is 20.4. The molecule has 1 aliphatic carbocycles. The summed E-state index contributed by atoms with van der Waals surface area (Å²) in [5.74, 6) is -5.67. The van der Waals surface area contributed by atoms with Crippen LogP contribution in [0.3, 0.4) is 0 Å². The topological polar surface area (TPSA) is 87.9 Å². The number of esters is 1. The van der Waals surface area contributed by atoms with Crippen LogP contribution in [0.15, 0.2) is 73.1 Å². The van der Waals surface area contributed by atoms with Crippen molar-refractivity contribution in [2.24, 2.45) is 17.8 Å². The van der Waals surface area contributed by atoms with Gasteiger partial charge in [0.25, 0.3) is 5.92 Å². The number of carbonyl (C=O) groups is 1. The van der Waals surface area contributed by atoms with E-state index in [-0.39, 0.29) is 0 Å². The maximum Gasteiger partial charge on any atom is 0.332 e. The van der Waals surface area contributed by atoms with E-state index in [2.05, 4.69) is 21.4 Å². The Morgan fingerprint density at radius 3 is 2.59 bits per heavy atom. The minimum Gasteiger partial charge on any atom is -0.460 e. The number of allylic oxidation sites excluding steroid dienone is 1. The van der Waals surface area contributed by atoms with Crippen LogP contribution in [0.25, 0.3) is 17.2 Å². The van der Waals surface area contributed by atoms with Crippen LogP contribution in [0, 0.1) is 29.1 Å². The van der Waals surface area contributed by atoms with Crippen molar-refractivity contribution in [2.75, 3.05) is 5.32 Å². The summed E-state index contributed by atoms with van der Waals surface area (Å²) >= 11 is 0. The lowest BCUT2D eigenvalue weighted by Crippen LogP contribution is -2.61. The summed E-state index contributed by atoms with van der Waals surface area (Å²) in [6, 6.07) is 18.2. The fourth-order valence-corrected chi connectivity index (χ4v) is 5.68. The molecule has 1 aromatic carbocycles. The molecule has 3 heterocycles. The maximum absolute atomic E-state index is 15.4. The van der Waals surface area contributed by atoms with E-state index in [4.69, 9.17) is 4.74 Å². The molecular weight excluding hydrogens is 474 g/mol. The van der Waals surface area contributed by atoms with Crippen LogP contribution in [0.4, 0.5) is 14.6 Å². The Labute approximate surface area is 214 Å². The molecule has 6 nitrogen and oxygen atoms in total. The van der Waals surface area contributed by atoms with Gasteiger partial charge in [-0.05, 0) is 43.2 Å². The molecule has 0 unspecified atom stereocenters. The van der Waals surface area contributed by atoms with Crippen molar-refractivity contribution >= 4 is 17.9 Å². The molecular formula is C29H26F2N4O2. The fraction of sp³-hybridized carbons (Fsp3) is 0.310. The number of pyridine rings is 2. The number of ether oxygens (including phenoxy) is 1. The van der Waals surface area contributed by atoms with Gasteiger partial charge in [0.1, 0.15) is 17.5 Å². The number of carbonyl (C=O) groups excluding carboxylic acids is 1. The van der Waals surface area contributed by atoms with Crippen molar-refractivity contribution in [2.45, 2.75) is 37.8 Å². The quantitative estimate of drug-likeness (QED) is 0.450. The number of alkyl halides is 2. The van der Waals surface area contributed by atoms with Crippen molar-refractivity contribution in [3.05, 3.63) is 84.3 Å². The van der Waals surface area contributed by atoms with Crippen LogP contribution >= 0.6 is 0 Å². The number of hydrogen-bond acceptors (Lipinski definition) is 6. The van der Waals surface area contributed by atoms with Gasteiger partial charge in [0, 0.05) is 41.8 Å². The Hall–Kier alpha value is -4.12. The van der Waals surface area contributed by atoms with Crippen LogP contribution in [-0.2, 0) is 9.53 Å². The predicted octanol–water partition coefficient (Wildman–Crippen LogP) is 5.73. The van der Waals surface area contributed by atoms with E-state index >= 15 is 8.78 Å². The van der Waals surface area contributed by atoms with Crippen LogP contribution in [-0.4, -0.2) is 33.5 Å². The average molecular weight is 501 g/mol. The average Bonchev–Trinajstić information content (AvgIpc) is 3.13. The van der Waals surface area contributed by atoms with Gasteiger partial charge in [-0.1, -0.05) is 43.3 Å². The van der Waals surface area contributed by atoms with Crippen molar-refractivity contribution in [3.63, 3.8) is 0 Å². The molecule has 2 aliphatic rings. The molecule has 188 valence electrons. The third kappa shape index (κ3) is 4.35. The number of rotatable bonds is 5. The first-order chi connectivity index (χ1) is 17.7. The van der Waals surface area contributed by atoms with Crippen molar-refractivity contribution in [3.8, 4) is 17.2 Å². The van der Waals surface area contributed by atoms with E-state index in [1.807, 2.05) is 18.2 Å². The largest absolute Gasteiger partial charge is 0.460 e. The summed E-state index contributed by atoms with van der Waals surface area (Å²) in [4.78, 5) is 21.8. The van der Waals surface area contributed by atoms with Crippen LogP contribution in [0.2, 0.25) is 0 Å². The molecule has 1 aliphatic heterocycles. The molecule has 0 spiro atoms. The number of halogens is 2. The number of nitriles is 1. The lowest BCUT2D eigenvalue weighted by molar-refractivity contribution is -0.153. The number of nitrogens with zero attached hydrogens (tertiary/aromatic N) is 3. The molecule has 1 saturated heterocycles. The van der Waals surface area contributed by atoms with E-state index in [0.29, 0.717) is 17.1 Å². The highest BCUT2D eigenvalue weighted by atomic mass is 19.3. The van der Waals surface area contributed by atoms with Crippen LogP contribution in [0.5, 0.6) is 0 Å². The number of fused-ring (bicyclic) bond motifs is 1. The number of aromatic nitrogens is 2. The molecule has 0 bridgehead atoms. The Bertz CT molecular complexity index is 1370. The summed E-state index contributed by atoms with van der Waals surface area (Å²) in [6.07, 6.45) is 5.41. The molecule has 0 amide bonds. The highest BCUT2D eigenvalue weighted by Gasteiger charge is 2.68. The third-order valence-electron chi connectivity index (χ3n) is 7.55. The first-order valence-electron chi connectivity index (χ1n) is 12.2. The molecule has 2 fully saturated rings. The van der Waals surface area contributed by atoms with Crippen LogP contribution < -0.4 is 5.32 Å². The van der Waals surface area contributed by atoms with Crippen molar-refractivity contribution < 1.29 is 18.3 Å². The van der Waals surface area contributed by atoms with E-state index in [1.54, 1.807) is 67.9 Å². The minimum atomic E-state index is -3.12. The zero-order valence-electron chi connectivity index (χ0n) is 20.4. The smallest absolute Gasteiger partial charge is 0.332 e. The molecule has 1 saturated carbocycles. The summed E-state index contributed by atoms with van der Waals surface area (Å²) in [5.41, 5.74) is 1.09. The fourth-order valence-electron chi connectivity index (χ4n) is 5.68. The molecule has 0 radical (unpaired) electrons. The Morgan fingerprint density at radius 2 is 1.89 bits per heavy atom. The summed E-state index contributed by atoms with van der Waals surface area (Å²) in [7, 11) is 0. The molecule has 5 atom stereocenters. The third-order valence-corrected chi connectivity index (χ3v) is 7.55. The van der Waals surface area contributed by atoms with Gasteiger partial charge in [-0.2, -0.15) is 5.26 Å². The van der Waals surface area contributed by atoms with Crippen molar-refractivity contribution in [1.82, 2.24) is 9.97 Å². The normalized spacial score (nSPS) is 28.4. The highest BCUT2D eigenvalue weighted by Crippen LogP contribution is 2.55. The lowest BCUT2D eigenvalue weighted by atomic mass is 9.60. The second-order valence-electron chi connectivity index (χ2n) is 9.74. The summed E-state index contributed by atoms with van der Waals surface area (Å²) < 4.78 is 36.4. The number of nitrogens with one attached hydrogen (secondary N) is 1. The second kappa shape index (κ2) is 9.40. The Morgan fingerprint density at radius 1 is 1.11 bits per heavy atom. The number of hydrogen-bond donors (Lipinski definition) is 1. The van der Waals surface area contributed by atoms with Gasteiger partial charge in [-0.25, -0.2) is 18.6 Å². The number of cyclic esters (lactones) is 1. The standard InChI is InChI=1S/C29H26F2N4O2/c1-18-23(13-12-22-11-10-21(16-34-22)24-8-4-3-7-20(24)15-32)26-19(2)37-27(36)28(26,17-29(18,30)31)35-25-9-5-6-14-33-25/h3-14,16,18-19,23,26H,17H2,1-2H3,(H,33,35)/b13-12+/t18-,19+,23-,26-,28-/m0/s1. The van der Waals surface area contributed by atoms with Gasteiger partial charge < -0.3 is 10.1 Å². The minimum absolute atomic E-state index is 0.349. The molecule has 37 heavy (non-hydrogen) atoms. The Kier molecular flexibility index (Phi) is 6.24. The van der Waals surface area contributed by atoms with Crippen LogP contribution in [0.1, 0.15) is 31.5 Å². The van der Waals surface area contributed by atoms with E-state index in [9.17, 15) is 10.1 Å². The number of benzene rings is 1. The van der Waals surface area contributed by atoms with Gasteiger partial charge >= 0.3 is 5.97 Å². The van der Waals surface area contributed by atoms with Crippen molar-refractivity contribution in [1.29, 1.82) is 5.26 Å². The van der Waals surface area contributed by atoms with E-state index in [1.165, 1.54) is 6.92 Å². The summed E-state index contributed by atoms with van der Waals surface area (Å²) in [5, 5.41) is 12.4. The zero-order chi connectivity index (χ0) is 26.2. The first-order valence-corrected chi connectivity index (χ1v) is 12.2.